The minimum absolute atomic E-state index is 0. The van der Waals surface area contributed by atoms with Crippen molar-refractivity contribution in [1.29, 1.82) is 0 Å². The molecule has 2 fully saturated rings. The van der Waals surface area contributed by atoms with Gasteiger partial charge in [-0.2, -0.15) is 17.0 Å². The molecule has 6 nitrogen and oxygen atoms in total. The predicted octanol–water partition coefficient (Wildman–Crippen LogP) is 2.06. The molecule has 0 radical (unpaired) electrons. The van der Waals surface area contributed by atoms with E-state index < -0.39 is 15.8 Å². The van der Waals surface area contributed by atoms with Crippen LogP contribution in [0, 0.1) is 0 Å². The van der Waals surface area contributed by atoms with Gasteiger partial charge in [0.25, 0.3) is 10.2 Å². The molecule has 1 unspecified atom stereocenters. The summed E-state index contributed by atoms with van der Waals surface area (Å²) in [6.07, 6.45) is 0. The quantitative estimate of drug-likeness (QED) is 0.829. The first-order chi connectivity index (χ1) is 11.3. The molecule has 1 aromatic rings. The average molecular weight is 410 g/mol. The van der Waals surface area contributed by atoms with Gasteiger partial charge in [0.1, 0.15) is 0 Å². The van der Waals surface area contributed by atoms with Crippen LogP contribution in [0.25, 0.3) is 0 Å². The minimum atomic E-state index is -3.56. The van der Waals surface area contributed by atoms with E-state index in [2.05, 4.69) is 5.32 Å². The molecule has 2 aliphatic heterocycles. The topological polar surface area (TPSA) is 61.9 Å². The predicted molar refractivity (Wildman–Crippen MR) is 102 cm³/mol. The number of nitrogens with zero attached hydrogens (tertiary/aromatic N) is 2. The molecule has 0 aromatic heterocycles. The van der Waals surface area contributed by atoms with E-state index >= 15 is 0 Å². The van der Waals surface area contributed by atoms with Crippen molar-refractivity contribution in [2.24, 2.45) is 0 Å². The summed E-state index contributed by atoms with van der Waals surface area (Å²) < 4.78 is 35.3. The van der Waals surface area contributed by atoms with Gasteiger partial charge in [-0.05, 0) is 31.5 Å². The second kappa shape index (κ2) is 8.08. The van der Waals surface area contributed by atoms with Crippen molar-refractivity contribution in [2.75, 3.05) is 39.3 Å². The first-order valence-electron chi connectivity index (χ1n) is 8.17. The summed E-state index contributed by atoms with van der Waals surface area (Å²) in [5.74, 6) is 0. The van der Waals surface area contributed by atoms with Gasteiger partial charge >= 0.3 is 0 Å². The van der Waals surface area contributed by atoms with Crippen molar-refractivity contribution >= 4 is 34.2 Å². The van der Waals surface area contributed by atoms with Crippen LogP contribution in [0.15, 0.2) is 24.3 Å². The zero-order valence-corrected chi connectivity index (χ0v) is 16.8. The number of ether oxygens (including phenoxy) is 1. The van der Waals surface area contributed by atoms with Gasteiger partial charge in [-0.3, -0.25) is 0 Å². The summed E-state index contributed by atoms with van der Waals surface area (Å²) in [5, 5.41) is 3.90. The summed E-state index contributed by atoms with van der Waals surface area (Å²) in [6.45, 7) is 6.66. The Morgan fingerprint density at radius 1 is 1.32 bits per heavy atom. The first kappa shape index (κ1) is 20.9. The van der Waals surface area contributed by atoms with Gasteiger partial charge in [0.2, 0.25) is 0 Å². The maximum atomic E-state index is 13.2. The number of rotatable bonds is 3. The third-order valence-corrected chi connectivity index (χ3v) is 6.67. The molecule has 2 saturated heterocycles. The van der Waals surface area contributed by atoms with E-state index in [1.165, 1.54) is 0 Å². The Kier molecular flexibility index (Phi) is 6.76. The van der Waals surface area contributed by atoms with Crippen LogP contribution in [0.4, 0.5) is 0 Å². The highest BCUT2D eigenvalue weighted by Crippen LogP contribution is 2.30. The van der Waals surface area contributed by atoms with E-state index in [4.69, 9.17) is 16.3 Å². The van der Waals surface area contributed by atoms with Gasteiger partial charge in [0, 0.05) is 37.7 Å². The second-order valence-electron chi connectivity index (χ2n) is 6.84. The molecule has 0 spiro atoms. The maximum absolute atomic E-state index is 13.2. The van der Waals surface area contributed by atoms with E-state index in [-0.39, 0.29) is 18.4 Å². The van der Waals surface area contributed by atoms with E-state index in [0.29, 0.717) is 44.4 Å². The molecule has 2 heterocycles. The molecule has 0 amide bonds. The minimum Gasteiger partial charge on any atom is -0.373 e. The molecular weight excluding hydrogens is 385 g/mol. The Morgan fingerprint density at radius 3 is 2.76 bits per heavy atom. The van der Waals surface area contributed by atoms with Crippen molar-refractivity contribution in [3.05, 3.63) is 34.9 Å². The number of halogens is 2. The molecule has 1 N–H and O–H groups in total. The number of piperazine rings is 1. The molecule has 1 aromatic carbocycles. The lowest BCUT2D eigenvalue weighted by Crippen LogP contribution is -2.58. The Morgan fingerprint density at radius 2 is 2.08 bits per heavy atom. The monoisotopic (exact) mass is 409 g/mol. The highest BCUT2D eigenvalue weighted by molar-refractivity contribution is 7.86. The second-order valence-corrected chi connectivity index (χ2v) is 9.15. The molecule has 2 aliphatic rings. The van der Waals surface area contributed by atoms with Gasteiger partial charge in [-0.25, -0.2) is 0 Å². The summed E-state index contributed by atoms with van der Waals surface area (Å²) >= 11 is 6.10. The van der Waals surface area contributed by atoms with Gasteiger partial charge < -0.3 is 10.1 Å². The molecule has 25 heavy (non-hydrogen) atoms. The van der Waals surface area contributed by atoms with Crippen LogP contribution in [0.2, 0.25) is 5.02 Å². The van der Waals surface area contributed by atoms with Crippen molar-refractivity contribution in [3.63, 3.8) is 0 Å². The van der Waals surface area contributed by atoms with Crippen LogP contribution >= 0.6 is 24.0 Å². The molecule has 1 atom stereocenters. The van der Waals surface area contributed by atoms with Gasteiger partial charge in [-0.15, -0.1) is 12.4 Å². The lowest BCUT2D eigenvalue weighted by Gasteiger charge is -2.42. The number of morpholine rings is 1. The van der Waals surface area contributed by atoms with Gasteiger partial charge in [0.05, 0.1) is 18.2 Å². The number of hydrogen-bond donors (Lipinski definition) is 1. The smallest absolute Gasteiger partial charge is 0.282 e. The van der Waals surface area contributed by atoms with Crippen LogP contribution in [0.5, 0.6) is 0 Å². The fourth-order valence-electron chi connectivity index (χ4n) is 3.28. The highest BCUT2D eigenvalue weighted by Gasteiger charge is 2.41. The fourth-order valence-corrected chi connectivity index (χ4v) is 5.39. The SMILES string of the molecule is CC1(C)CN(S(=O)(=O)N2CCNCC2c2cccc(Cl)c2)CCO1.Cl. The zero-order chi connectivity index (χ0) is 17.4. The Bertz CT molecular complexity index is 700. The zero-order valence-electron chi connectivity index (χ0n) is 14.4. The van der Waals surface area contributed by atoms with E-state index in [1.54, 1.807) is 14.7 Å². The molecule has 142 valence electrons. The highest BCUT2D eigenvalue weighted by atomic mass is 35.5. The average Bonchev–Trinajstić information content (AvgIpc) is 2.54. The summed E-state index contributed by atoms with van der Waals surface area (Å²) in [6, 6.07) is 7.16. The van der Waals surface area contributed by atoms with Gasteiger partial charge in [0.15, 0.2) is 0 Å². The normalized spacial score (nSPS) is 25.3. The van der Waals surface area contributed by atoms with Crippen molar-refractivity contribution in [2.45, 2.75) is 25.5 Å². The molecule has 0 aliphatic carbocycles. The maximum Gasteiger partial charge on any atom is 0.282 e. The fraction of sp³-hybridized carbons (Fsp3) is 0.625. The summed E-state index contributed by atoms with van der Waals surface area (Å²) in [4.78, 5) is 0. The van der Waals surface area contributed by atoms with Crippen LogP contribution < -0.4 is 5.32 Å². The Balaban J connectivity index is 0.00000225. The van der Waals surface area contributed by atoms with Crippen molar-refractivity contribution in [3.8, 4) is 0 Å². The number of benzene rings is 1. The molecule has 9 heteroatoms. The van der Waals surface area contributed by atoms with E-state index in [0.717, 1.165) is 5.56 Å². The largest absolute Gasteiger partial charge is 0.373 e. The van der Waals surface area contributed by atoms with Gasteiger partial charge in [-0.1, -0.05) is 23.7 Å². The molecule has 0 saturated carbocycles. The van der Waals surface area contributed by atoms with Crippen LogP contribution in [0.1, 0.15) is 25.5 Å². The van der Waals surface area contributed by atoms with Crippen LogP contribution in [-0.4, -0.2) is 62.0 Å². The summed E-state index contributed by atoms with van der Waals surface area (Å²) in [7, 11) is -3.56. The summed E-state index contributed by atoms with van der Waals surface area (Å²) in [5.41, 5.74) is 0.441. The molecule has 0 bridgehead atoms. The third-order valence-electron chi connectivity index (χ3n) is 4.44. The lowest BCUT2D eigenvalue weighted by atomic mass is 10.1. The number of hydrogen-bond acceptors (Lipinski definition) is 4. The van der Waals surface area contributed by atoms with E-state index in [9.17, 15) is 8.42 Å². The van der Waals surface area contributed by atoms with Crippen LogP contribution in [-0.2, 0) is 14.9 Å². The molecule has 3 rings (SSSR count). The standard InChI is InChI=1S/C16H24ClN3O3S.ClH/c1-16(2)12-19(8-9-23-16)24(21,22)20-7-6-18-11-15(20)13-4-3-5-14(17)10-13;/h3-5,10,15,18H,6-9,11-12H2,1-2H3;1H. The number of nitrogens with one attached hydrogen (secondary N) is 1. The van der Waals surface area contributed by atoms with Crippen molar-refractivity contribution < 1.29 is 13.2 Å². The Hall–Kier alpha value is -0.410. The van der Waals surface area contributed by atoms with Crippen molar-refractivity contribution in [1.82, 2.24) is 13.9 Å². The first-order valence-corrected chi connectivity index (χ1v) is 9.94. The Labute approximate surface area is 161 Å². The third kappa shape index (κ3) is 4.66. The molecular formula is C16H25Cl2N3O3S. The van der Waals surface area contributed by atoms with Crippen LogP contribution in [0.3, 0.4) is 0 Å². The lowest BCUT2D eigenvalue weighted by molar-refractivity contribution is -0.0656. The van der Waals surface area contributed by atoms with E-state index in [1.807, 2.05) is 32.0 Å².